The van der Waals surface area contributed by atoms with Crippen LogP contribution >= 0.6 is 23.2 Å². The molecule has 1 saturated heterocycles. The summed E-state index contributed by atoms with van der Waals surface area (Å²) in [4.78, 5) is 6.09. The maximum absolute atomic E-state index is 13.7. The average Bonchev–Trinajstić information content (AvgIpc) is 3.39. The standard InChI is InChI=1S/C23H22Cl2F3N3O3/c1-31-9-8-18(32)20(31)22-29-21(30-34-22)14-5-7-19(15(12-14)23(26,27)28)33-10-2-3-13-4-6-16(24)17(25)11-13/h4-7,11-12,18,20,32H,2-3,8-10H2,1H3/t18-,20-/m0/s1. The summed E-state index contributed by atoms with van der Waals surface area (Å²) in [7, 11) is 1.81. The van der Waals surface area contributed by atoms with E-state index in [1.54, 1.807) is 19.2 Å². The van der Waals surface area contributed by atoms with E-state index in [4.69, 9.17) is 32.5 Å². The molecule has 2 heterocycles. The number of likely N-dealkylation sites (N-methyl/N-ethyl adjacent to an activating group) is 1. The van der Waals surface area contributed by atoms with Gasteiger partial charge in [-0.25, -0.2) is 0 Å². The van der Waals surface area contributed by atoms with Crippen LogP contribution in [0.3, 0.4) is 0 Å². The van der Waals surface area contributed by atoms with Gasteiger partial charge in [0.2, 0.25) is 11.7 Å². The molecule has 0 spiro atoms. The van der Waals surface area contributed by atoms with Crippen molar-refractivity contribution in [2.45, 2.75) is 37.6 Å². The fraction of sp³-hybridized carbons (Fsp3) is 0.391. The van der Waals surface area contributed by atoms with Crippen LogP contribution < -0.4 is 4.74 Å². The molecule has 1 fully saturated rings. The maximum atomic E-state index is 13.7. The van der Waals surface area contributed by atoms with Crippen LogP contribution in [0.1, 0.15) is 35.9 Å². The molecule has 1 aromatic heterocycles. The van der Waals surface area contributed by atoms with Gasteiger partial charge in [0.1, 0.15) is 11.8 Å². The number of halogens is 5. The molecular weight excluding hydrogens is 494 g/mol. The van der Waals surface area contributed by atoms with Crippen LogP contribution in [0.2, 0.25) is 10.0 Å². The van der Waals surface area contributed by atoms with Gasteiger partial charge in [-0.15, -0.1) is 0 Å². The Labute approximate surface area is 204 Å². The predicted molar refractivity (Wildman–Crippen MR) is 121 cm³/mol. The number of rotatable bonds is 7. The first kappa shape index (κ1) is 24.8. The minimum atomic E-state index is -4.64. The van der Waals surface area contributed by atoms with E-state index in [2.05, 4.69) is 10.1 Å². The lowest BCUT2D eigenvalue weighted by molar-refractivity contribution is -0.138. The molecule has 0 aliphatic carbocycles. The second-order valence-corrected chi connectivity index (χ2v) is 8.96. The van der Waals surface area contributed by atoms with Gasteiger partial charge in [0.15, 0.2) is 0 Å². The van der Waals surface area contributed by atoms with Gasteiger partial charge in [-0.3, -0.25) is 4.90 Å². The van der Waals surface area contributed by atoms with Crippen LogP contribution in [0.15, 0.2) is 40.9 Å². The van der Waals surface area contributed by atoms with Crippen molar-refractivity contribution in [1.82, 2.24) is 15.0 Å². The molecule has 2 atom stereocenters. The van der Waals surface area contributed by atoms with Crippen molar-refractivity contribution in [2.24, 2.45) is 0 Å². The number of hydrogen-bond acceptors (Lipinski definition) is 6. The van der Waals surface area contributed by atoms with Gasteiger partial charge >= 0.3 is 6.18 Å². The van der Waals surface area contributed by atoms with Crippen molar-refractivity contribution < 1.29 is 27.5 Å². The number of aryl methyl sites for hydroxylation is 1. The molecule has 0 saturated carbocycles. The highest BCUT2D eigenvalue weighted by molar-refractivity contribution is 6.42. The summed E-state index contributed by atoms with van der Waals surface area (Å²) in [5.41, 5.74) is 0.125. The minimum Gasteiger partial charge on any atom is -0.493 e. The highest BCUT2D eigenvalue weighted by atomic mass is 35.5. The molecule has 6 nitrogen and oxygen atoms in total. The second kappa shape index (κ2) is 10.1. The molecule has 182 valence electrons. The molecular formula is C23H22Cl2F3N3O3. The Morgan fingerprint density at radius 2 is 1.97 bits per heavy atom. The van der Waals surface area contributed by atoms with Crippen LogP contribution in [0.25, 0.3) is 11.4 Å². The maximum Gasteiger partial charge on any atom is 0.419 e. The predicted octanol–water partition coefficient (Wildman–Crippen LogP) is 5.81. The summed E-state index contributed by atoms with van der Waals surface area (Å²) >= 11 is 11.9. The Kier molecular flexibility index (Phi) is 7.37. The van der Waals surface area contributed by atoms with Gasteiger partial charge in [-0.1, -0.05) is 34.4 Å². The van der Waals surface area contributed by atoms with Crippen molar-refractivity contribution in [3.63, 3.8) is 0 Å². The Bertz CT molecular complexity index is 1150. The third-order valence-electron chi connectivity index (χ3n) is 5.71. The van der Waals surface area contributed by atoms with E-state index >= 15 is 0 Å². The number of aliphatic hydroxyl groups excluding tert-OH is 1. The van der Waals surface area contributed by atoms with Crippen molar-refractivity contribution in [3.8, 4) is 17.1 Å². The molecule has 0 bridgehead atoms. The number of hydrogen-bond donors (Lipinski definition) is 1. The lowest BCUT2D eigenvalue weighted by Gasteiger charge is -2.17. The lowest BCUT2D eigenvalue weighted by Crippen LogP contribution is -2.23. The molecule has 34 heavy (non-hydrogen) atoms. The molecule has 11 heteroatoms. The number of ether oxygens (including phenoxy) is 1. The van der Waals surface area contributed by atoms with E-state index < -0.39 is 23.9 Å². The molecule has 0 unspecified atom stereocenters. The van der Waals surface area contributed by atoms with Crippen molar-refractivity contribution in [3.05, 3.63) is 63.5 Å². The molecule has 2 aromatic carbocycles. The Morgan fingerprint density at radius 3 is 2.65 bits per heavy atom. The number of aliphatic hydroxyl groups is 1. The van der Waals surface area contributed by atoms with Crippen LogP contribution in [0, 0.1) is 0 Å². The van der Waals surface area contributed by atoms with Crippen molar-refractivity contribution in [2.75, 3.05) is 20.2 Å². The summed E-state index contributed by atoms with van der Waals surface area (Å²) in [6.45, 7) is 0.736. The minimum absolute atomic E-state index is 0.0131. The highest BCUT2D eigenvalue weighted by Gasteiger charge is 2.37. The number of aromatic nitrogens is 2. The van der Waals surface area contributed by atoms with Gasteiger partial charge < -0.3 is 14.4 Å². The van der Waals surface area contributed by atoms with Gasteiger partial charge in [0, 0.05) is 12.1 Å². The van der Waals surface area contributed by atoms with Crippen LogP contribution in [0.4, 0.5) is 13.2 Å². The van der Waals surface area contributed by atoms with Gasteiger partial charge in [-0.2, -0.15) is 18.2 Å². The number of likely N-dealkylation sites (tertiary alicyclic amines) is 1. The zero-order chi connectivity index (χ0) is 24.5. The molecule has 0 radical (unpaired) electrons. The summed E-state index contributed by atoms with van der Waals surface area (Å²) in [6.07, 6.45) is -3.70. The molecule has 3 aromatic rings. The number of benzene rings is 2. The first-order chi connectivity index (χ1) is 16.1. The van der Waals surface area contributed by atoms with E-state index in [-0.39, 0.29) is 29.6 Å². The molecule has 4 rings (SSSR count). The van der Waals surface area contributed by atoms with E-state index in [0.29, 0.717) is 35.9 Å². The van der Waals surface area contributed by atoms with Gasteiger partial charge in [0.05, 0.1) is 28.3 Å². The zero-order valence-electron chi connectivity index (χ0n) is 18.1. The van der Waals surface area contributed by atoms with Crippen LogP contribution in [0.5, 0.6) is 5.75 Å². The first-order valence-electron chi connectivity index (χ1n) is 10.6. The molecule has 1 aliphatic heterocycles. The Hall–Kier alpha value is -2.33. The first-order valence-corrected chi connectivity index (χ1v) is 11.4. The Balaban J connectivity index is 1.47. The largest absolute Gasteiger partial charge is 0.493 e. The van der Waals surface area contributed by atoms with E-state index in [0.717, 1.165) is 11.6 Å². The summed E-state index contributed by atoms with van der Waals surface area (Å²) in [5, 5.41) is 14.8. The second-order valence-electron chi connectivity index (χ2n) is 8.15. The van der Waals surface area contributed by atoms with E-state index in [1.165, 1.54) is 12.1 Å². The topological polar surface area (TPSA) is 71.6 Å². The van der Waals surface area contributed by atoms with Gasteiger partial charge in [0.25, 0.3) is 0 Å². The lowest BCUT2D eigenvalue weighted by atomic mass is 10.1. The molecule has 1 N–H and O–H groups in total. The van der Waals surface area contributed by atoms with E-state index in [1.807, 2.05) is 11.0 Å². The monoisotopic (exact) mass is 515 g/mol. The summed E-state index contributed by atoms with van der Waals surface area (Å²) in [5.74, 6) is -0.0992. The van der Waals surface area contributed by atoms with Crippen molar-refractivity contribution in [1.29, 1.82) is 0 Å². The SMILES string of the molecule is CN1CC[C@H](O)[C@H]1c1nc(-c2ccc(OCCCc3ccc(Cl)c(Cl)c3)c(C(F)(F)F)c2)no1. The fourth-order valence-corrected chi connectivity index (χ4v) is 4.24. The van der Waals surface area contributed by atoms with Crippen molar-refractivity contribution >= 4 is 23.2 Å². The third-order valence-corrected chi connectivity index (χ3v) is 6.45. The zero-order valence-corrected chi connectivity index (χ0v) is 19.7. The number of alkyl halides is 3. The highest BCUT2D eigenvalue weighted by Crippen LogP contribution is 2.39. The quantitative estimate of drug-likeness (QED) is 0.400. The van der Waals surface area contributed by atoms with E-state index in [9.17, 15) is 18.3 Å². The fourth-order valence-electron chi connectivity index (χ4n) is 3.92. The molecule has 0 amide bonds. The number of nitrogens with zero attached hydrogens (tertiary/aromatic N) is 3. The van der Waals surface area contributed by atoms with Crippen LogP contribution in [-0.4, -0.2) is 46.5 Å². The molecule has 1 aliphatic rings. The normalized spacial score (nSPS) is 19.0. The average molecular weight is 516 g/mol. The third kappa shape index (κ3) is 5.49. The van der Waals surface area contributed by atoms with Gasteiger partial charge in [-0.05, 0) is 62.2 Å². The van der Waals surface area contributed by atoms with Crippen LogP contribution in [-0.2, 0) is 12.6 Å². The summed E-state index contributed by atoms with van der Waals surface area (Å²) < 4.78 is 51.9. The Morgan fingerprint density at radius 1 is 1.18 bits per heavy atom. The summed E-state index contributed by atoms with van der Waals surface area (Å²) in [6, 6.07) is 8.37. The smallest absolute Gasteiger partial charge is 0.419 e.